The number of ketones is 1. The highest BCUT2D eigenvalue weighted by molar-refractivity contribution is 6.22. The van der Waals surface area contributed by atoms with Gasteiger partial charge in [-0.25, -0.2) is 0 Å². The first-order chi connectivity index (χ1) is 7.24. The largest absolute Gasteiger partial charge is 0.294 e. The van der Waals surface area contributed by atoms with E-state index >= 15 is 0 Å². The molecular weight excluding hydrogens is 208 g/mol. The number of carbonyl (C=O) groups is 1. The average molecular weight is 225 g/mol. The standard InChI is InChI=1S/C13H17ClO/c1-2-3-9-12(14)10-13(15)11-7-5-4-6-8-11/h4-8,12H,2-3,9-10H2,1H3. The third-order valence-electron chi connectivity index (χ3n) is 2.37. The Labute approximate surface area is 96.5 Å². The first kappa shape index (κ1) is 12.3. The molecule has 15 heavy (non-hydrogen) atoms. The van der Waals surface area contributed by atoms with Crippen molar-refractivity contribution in [2.24, 2.45) is 0 Å². The molecule has 0 saturated heterocycles. The van der Waals surface area contributed by atoms with Crippen molar-refractivity contribution in [2.45, 2.75) is 38.0 Å². The van der Waals surface area contributed by atoms with E-state index in [1.807, 2.05) is 30.3 Å². The fourth-order valence-electron chi connectivity index (χ4n) is 1.47. The van der Waals surface area contributed by atoms with Gasteiger partial charge in [0, 0.05) is 17.4 Å². The Morgan fingerprint density at radius 1 is 1.33 bits per heavy atom. The number of rotatable bonds is 6. The Bertz CT molecular complexity index is 295. The molecule has 1 aromatic rings. The predicted octanol–water partition coefficient (Wildman–Crippen LogP) is 4.06. The van der Waals surface area contributed by atoms with Gasteiger partial charge in [0.1, 0.15) is 0 Å². The van der Waals surface area contributed by atoms with E-state index < -0.39 is 0 Å². The van der Waals surface area contributed by atoms with Gasteiger partial charge in [0.25, 0.3) is 0 Å². The summed E-state index contributed by atoms with van der Waals surface area (Å²) in [6.45, 7) is 2.13. The topological polar surface area (TPSA) is 17.1 Å². The molecule has 0 aliphatic heterocycles. The van der Waals surface area contributed by atoms with Gasteiger partial charge in [-0.1, -0.05) is 50.1 Å². The fourth-order valence-corrected chi connectivity index (χ4v) is 1.77. The lowest BCUT2D eigenvalue weighted by Gasteiger charge is -2.07. The third kappa shape index (κ3) is 4.48. The summed E-state index contributed by atoms with van der Waals surface area (Å²) < 4.78 is 0. The van der Waals surface area contributed by atoms with E-state index in [0.29, 0.717) is 6.42 Å². The molecule has 0 spiro atoms. The predicted molar refractivity (Wildman–Crippen MR) is 64.6 cm³/mol. The molecule has 0 amide bonds. The van der Waals surface area contributed by atoms with E-state index in [0.717, 1.165) is 24.8 Å². The minimum absolute atomic E-state index is 0.0161. The van der Waals surface area contributed by atoms with Gasteiger partial charge < -0.3 is 0 Å². The third-order valence-corrected chi connectivity index (χ3v) is 2.75. The van der Waals surface area contributed by atoms with Crippen molar-refractivity contribution in [2.75, 3.05) is 0 Å². The van der Waals surface area contributed by atoms with Crippen molar-refractivity contribution in [1.82, 2.24) is 0 Å². The summed E-state index contributed by atoms with van der Waals surface area (Å²) in [5.74, 6) is 0.145. The molecule has 1 aromatic carbocycles. The highest BCUT2D eigenvalue weighted by Gasteiger charge is 2.11. The van der Waals surface area contributed by atoms with Crippen LogP contribution in [0, 0.1) is 0 Å². The molecule has 0 heterocycles. The summed E-state index contributed by atoms with van der Waals surface area (Å²) in [7, 11) is 0. The lowest BCUT2D eigenvalue weighted by Crippen LogP contribution is -2.08. The lowest BCUT2D eigenvalue weighted by atomic mass is 10.0. The summed E-state index contributed by atoms with van der Waals surface area (Å²) >= 11 is 6.08. The number of hydrogen-bond acceptors (Lipinski definition) is 1. The molecule has 1 rings (SSSR count). The van der Waals surface area contributed by atoms with Crippen LogP contribution in [-0.4, -0.2) is 11.2 Å². The van der Waals surface area contributed by atoms with Crippen molar-refractivity contribution in [3.63, 3.8) is 0 Å². The maximum absolute atomic E-state index is 11.7. The maximum Gasteiger partial charge on any atom is 0.164 e. The van der Waals surface area contributed by atoms with Crippen molar-refractivity contribution >= 4 is 17.4 Å². The van der Waals surface area contributed by atoms with Crippen molar-refractivity contribution in [3.8, 4) is 0 Å². The molecule has 82 valence electrons. The van der Waals surface area contributed by atoms with Crippen molar-refractivity contribution < 1.29 is 4.79 Å². The molecule has 0 aliphatic rings. The quantitative estimate of drug-likeness (QED) is 0.526. The Hall–Kier alpha value is -0.820. The molecule has 0 radical (unpaired) electrons. The molecular formula is C13H17ClO. The van der Waals surface area contributed by atoms with Crippen LogP contribution in [0.4, 0.5) is 0 Å². The minimum atomic E-state index is -0.0161. The van der Waals surface area contributed by atoms with E-state index in [9.17, 15) is 4.79 Å². The monoisotopic (exact) mass is 224 g/mol. The molecule has 0 fully saturated rings. The maximum atomic E-state index is 11.7. The number of Topliss-reactive ketones (excluding diaryl/α,β-unsaturated/α-hetero) is 1. The number of alkyl halides is 1. The second-order valence-corrected chi connectivity index (χ2v) is 4.35. The van der Waals surface area contributed by atoms with E-state index in [4.69, 9.17) is 11.6 Å². The van der Waals surface area contributed by atoms with E-state index in [-0.39, 0.29) is 11.2 Å². The second kappa shape index (κ2) is 6.62. The second-order valence-electron chi connectivity index (χ2n) is 3.73. The van der Waals surface area contributed by atoms with Crippen LogP contribution in [0.3, 0.4) is 0 Å². The Morgan fingerprint density at radius 3 is 2.60 bits per heavy atom. The zero-order valence-electron chi connectivity index (χ0n) is 9.08. The first-order valence-corrected chi connectivity index (χ1v) is 5.90. The molecule has 0 bridgehead atoms. The number of carbonyl (C=O) groups excluding carboxylic acids is 1. The van der Waals surface area contributed by atoms with Gasteiger partial charge >= 0.3 is 0 Å². The Kier molecular flexibility index (Phi) is 5.41. The summed E-state index contributed by atoms with van der Waals surface area (Å²) in [6.07, 6.45) is 3.60. The number of benzene rings is 1. The number of unbranched alkanes of at least 4 members (excludes halogenated alkanes) is 1. The summed E-state index contributed by atoms with van der Waals surface area (Å²) in [4.78, 5) is 11.7. The van der Waals surface area contributed by atoms with Crippen LogP contribution >= 0.6 is 11.6 Å². The SMILES string of the molecule is CCCCC(Cl)CC(=O)c1ccccc1. The summed E-state index contributed by atoms with van der Waals surface area (Å²) in [6, 6.07) is 9.34. The minimum Gasteiger partial charge on any atom is -0.294 e. The average Bonchev–Trinajstić information content (AvgIpc) is 2.27. The summed E-state index contributed by atoms with van der Waals surface area (Å²) in [5.41, 5.74) is 0.764. The Morgan fingerprint density at radius 2 is 2.00 bits per heavy atom. The highest BCUT2D eigenvalue weighted by atomic mass is 35.5. The van der Waals surface area contributed by atoms with Crippen LogP contribution < -0.4 is 0 Å². The Balaban J connectivity index is 2.42. The van der Waals surface area contributed by atoms with Crippen molar-refractivity contribution in [3.05, 3.63) is 35.9 Å². The van der Waals surface area contributed by atoms with E-state index in [1.54, 1.807) is 0 Å². The number of hydrogen-bond donors (Lipinski definition) is 0. The molecule has 0 aromatic heterocycles. The smallest absolute Gasteiger partial charge is 0.164 e. The van der Waals surface area contributed by atoms with Crippen LogP contribution in [0.5, 0.6) is 0 Å². The van der Waals surface area contributed by atoms with Crippen LogP contribution in [0.1, 0.15) is 43.0 Å². The fraction of sp³-hybridized carbons (Fsp3) is 0.462. The zero-order valence-corrected chi connectivity index (χ0v) is 9.83. The number of halogens is 1. The van der Waals surface area contributed by atoms with Gasteiger partial charge in [0.05, 0.1) is 0 Å². The molecule has 0 N–H and O–H groups in total. The molecule has 1 atom stereocenters. The molecule has 1 unspecified atom stereocenters. The first-order valence-electron chi connectivity index (χ1n) is 5.46. The van der Waals surface area contributed by atoms with E-state index in [2.05, 4.69) is 6.92 Å². The molecule has 0 aliphatic carbocycles. The normalized spacial score (nSPS) is 12.4. The lowest BCUT2D eigenvalue weighted by molar-refractivity contribution is 0.0980. The van der Waals surface area contributed by atoms with Gasteiger partial charge in [-0.3, -0.25) is 4.79 Å². The van der Waals surface area contributed by atoms with Crippen LogP contribution in [-0.2, 0) is 0 Å². The van der Waals surface area contributed by atoms with Crippen LogP contribution in [0.25, 0.3) is 0 Å². The zero-order chi connectivity index (χ0) is 11.1. The molecule has 2 heteroatoms. The summed E-state index contributed by atoms with van der Waals surface area (Å²) in [5, 5.41) is -0.0161. The van der Waals surface area contributed by atoms with Gasteiger partial charge in [-0.15, -0.1) is 11.6 Å². The van der Waals surface area contributed by atoms with Gasteiger partial charge in [-0.05, 0) is 6.42 Å². The van der Waals surface area contributed by atoms with E-state index in [1.165, 1.54) is 0 Å². The van der Waals surface area contributed by atoms with Crippen LogP contribution in [0.15, 0.2) is 30.3 Å². The highest BCUT2D eigenvalue weighted by Crippen LogP contribution is 2.14. The van der Waals surface area contributed by atoms with Gasteiger partial charge in [0.2, 0.25) is 0 Å². The van der Waals surface area contributed by atoms with Gasteiger partial charge in [0.15, 0.2) is 5.78 Å². The van der Waals surface area contributed by atoms with Crippen LogP contribution in [0.2, 0.25) is 0 Å². The van der Waals surface area contributed by atoms with Gasteiger partial charge in [-0.2, -0.15) is 0 Å². The van der Waals surface area contributed by atoms with Crippen molar-refractivity contribution in [1.29, 1.82) is 0 Å². The molecule has 1 nitrogen and oxygen atoms in total. The molecule has 0 saturated carbocycles.